The molecule has 1 aromatic rings. The number of hydrogen-bond acceptors (Lipinski definition) is 5. The molecule has 0 unspecified atom stereocenters. The van der Waals surface area contributed by atoms with E-state index >= 15 is 0 Å². The molecule has 1 aliphatic heterocycles. The van der Waals surface area contributed by atoms with Crippen LogP contribution in [0.3, 0.4) is 0 Å². The molecule has 6 heteroatoms. The van der Waals surface area contributed by atoms with E-state index in [1.807, 2.05) is 50.9 Å². The second-order valence-electron chi connectivity index (χ2n) is 7.46. The number of nitrogens with one attached hydrogen (secondary N) is 2. The Balaban J connectivity index is 2.11. The second-order valence-corrected chi connectivity index (χ2v) is 7.46. The molecule has 2 rings (SSSR count). The molecule has 1 amide bonds. The Kier molecular flexibility index (Phi) is 5.82. The molecule has 0 bridgehead atoms. The van der Waals surface area contributed by atoms with Crippen molar-refractivity contribution in [1.29, 1.82) is 0 Å². The van der Waals surface area contributed by atoms with E-state index in [-0.39, 0.29) is 17.7 Å². The maximum Gasteiger partial charge on any atom is 0.248 e. The van der Waals surface area contributed by atoms with Crippen LogP contribution in [0.25, 0.3) is 0 Å². The van der Waals surface area contributed by atoms with Crippen molar-refractivity contribution in [3.8, 4) is 0 Å². The van der Waals surface area contributed by atoms with Crippen LogP contribution in [0.5, 0.6) is 0 Å². The summed E-state index contributed by atoms with van der Waals surface area (Å²) in [7, 11) is 1.69. The van der Waals surface area contributed by atoms with E-state index in [4.69, 9.17) is 0 Å². The largest absolute Gasteiger partial charge is 0.375 e. The molecule has 0 aliphatic carbocycles. The summed E-state index contributed by atoms with van der Waals surface area (Å²) in [5, 5.41) is 5.74. The van der Waals surface area contributed by atoms with E-state index in [2.05, 4.69) is 15.6 Å². The molecule has 1 aliphatic rings. The van der Waals surface area contributed by atoms with Crippen molar-refractivity contribution >= 4 is 17.5 Å². The fourth-order valence-electron chi connectivity index (χ4n) is 2.68. The highest BCUT2D eigenvalue weighted by molar-refractivity contribution is 5.95. The third-order valence-corrected chi connectivity index (χ3v) is 4.29. The van der Waals surface area contributed by atoms with E-state index < -0.39 is 5.41 Å². The van der Waals surface area contributed by atoms with E-state index in [0.717, 1.165) is 30.8 Å². The monoisotopic (exact) mass is 344 g/mol. The number of hydrogen-bond donors (Lipinski definition) is 2. The van der Waals surface area contributed by atoms with Gasteiger partial charge in [0.25, 0.3) is 0 Å². The van der Waals surface area contributed by atoms with Crippen molar-refractivity contribution in [3.05, 3.63) is 35.8 Å². The van der Waals surface area contributed by atoms with E-state index in [1.165, 1.54) is 6.08 Å². The van der Waals surface area contributed by atoms with Gasteiger partial charge in [0.05, 0.1) is 0 Å². The zero-order valence-electron chi connectivity index (χ0n) is 15.7. The predicted molar refractivity (Wildman–Crippen MR) is 99.1 cm³/mol. The van der Waals surface area contributed by atoms with Crippen LogP contribution in [0.1, 0.15) is 39.2 Å². The number of aryl methyl sites for hydroxylation is 1. The zero-order valence-corrected chi connectivity index (χ0v) is 15.7. The first-order valence-electron chi connectivity index (χ1n) is 8.66. The minimum absolute atomic E-state index is 0.0411. The molecule has 1 atom stereocenters. The first-order valence-corrected chi connectivity index (χ1v) is 8.66. The van der Waals surface area contributed by atoms with Gasteiger partial charge in [0, 0.05) is 31.3 Å². The molecule has 0 spiro atoms. The van der Waals surface area contributed by atoms with Gasteiger partial charge in [-0.15, -0.1) is 0 Å². The highest BCUT2D eigenvalue weighted by Gasteiger charge is 2.32. The Bertz CT molecular complexity index is 659. The normalized spacial score (nSPS) is 18.2. The Labute approximate surface area is 149 Å². The smallest absolute Gasteiger partial charge is 0.248 e. The molecule has 0 radical (unpaired) electrons. The van der Waals surface area contributed by atoms with Crippen LogP contribution in [0.15, 0.2) is 30.2 Å². The van der Waals surface area contributed by atoms with Crippen LogP contribution < -0.4 is 15.5 Å². The summed E-state index contributed by atoms with van der Waals surface area (Å²) in [5.74, 6) is 1.07. The maximum absolute atomic E-state index is 12.7. The Morgan fingerprint density at radius 3 is 2.60 bits per heavy atom. The number of allylic oxidation sites excluding steroid dienone is 1. The lowest BCUT2D eigenvalue weighted by atomic mass is 9.91. The van der Waals surface area contributed by atoms with E-state index in [0.29, 0.717) is 5.82 Å². The molecule has 25 heavy (non-hydrogen) atoms. The van der Waals surface area contributed by atoms with Gasteiger partial charge in [-0.25, -0.2) is 4.98 Å². The Morgan fingerprint density at radius 2 is 2.04 bits per heavy atom. The fourth-order valence-corrected chi connectivity index (χ4v) is 2.68. The van der Waals surface area contributed by atoms with Crippen LogP contribution in [0.2, 0.25) is 0 Å². The number of ketones is 1. The quantitative estimate of drug-likeness (QED) is 0.801. The van der Waals surface area contributed by atoms with Crippen molar-refractivity contribution in [2.75, 3.05) is 18.5 Å². The average Bonchev–Trinajstić information content (AvgIpc) is 3.03. The molecular formula is C19H28N4O2. The molecule has 0 saturated carbocycles. The standard InChI is InChI=1S/C19H28N4O2/c1-13-8-9-17(21-12-13)23-10-6-7-14(23)18(25)22-16(20-5)11-15(24)19(2,3)4/h8-9,11-12,14,20H,6-7,10H2,1-5H3,(H,22,25)/t14-/m0/s1. The van der Waals surface area contributed by atoms with Crippen LogP contribution in [-0.2, 0) is 9.59 Å². The third kappa shape index (κ3) is 4.81. The van der Waals surface area contributed by atoms with Gasteiger partial charge in [-0.1, -0.05) is 26.8 Å². The van der Waals surface area contributed by atoms with Crippen LogP contribution in [-0.4, -0.2) is 36.3 Å². The molecule has 1 aromatic heterocycles. The van der Waals surface area contributed by atoms with E-state index in [1.54, 1.807) is 7.05 Å². The summed E-state index contributed by atoms with van der Waals surface area (Å²) in [6.45, 7) is 8.34. The van der Waals surface area contributed by atoms with Crippen molar-refractivity contribution < 1.29 is 9.59 Å². The number of pyridine rings is 1. The van der Waals surface area contributed by atoms with Gasteiger partial charge in [0.2, 0.25) is 5.91 Å². The van der Waals surface area contributed by atoms with Gasteiger partial charge in [-0.05, 0) is 31.4 Å². The zero-order chi connectivity index (χ0) is 18.6. The van der Waals surface area contributed by atoms with Gasteiger partial charge in [-0.3, -0.25) is 9.59 Å². The van der Waals surface area contributed by atoms with Gasteiger partial charge >= 0.3 is 0 Å². The topological polar surface area (TPSA) is 74.3 Å². The van der Waals surface area contributed by atoms with Crippen molar-refractivity contribution in [1.82, 2.24) is 15.6 Å². The van der Waals surface area contributed by atoms with Crippen LogP contribution >= 0.6 is 0 Å². The second kappa shape index (κ2) is 7.68. The molecule has 6 nitrogen and oxygen atoms in total. The Morgan fingerprint density at radius 1 is 1.32 bits per heavy atom. The van der Waals surface area contributed by atoms with Crippen molar-refractivity contribution in [2.45, 2.75) is 46.6 Å². The summed E-state index contributed by atoms with van der Waals surface area (Å²) < 4.78 is 0. The minimum atomic E-state index is -0.488. The molecule has 2 N–H and O–H groups in total. The van der Waals surface area contributed by atoms with E-state index in [9.17, 15) is 9.59 Å². The summed E-state index contributed by atoms with van der Waals surface area (Å²) >= 11 is 0. The first-order chi connectivity index (χ1) is 11.7. The summed E-state index contributed by atoms with van der Waals surface area (Å²) in [4.78, 5) is 31.3. The van der Waals surface area contributed by atoms with Gasteiger partial charge in [0.1, 0.15) is 17.7 Å². The lowest BCUT2D eigenvalue weighted by molar-refractivity contribution is -0.121. The molecule has 2 heterocycles. The van der Waals surface area contributed by atoms with Gasteiger partial charge in [0.15, 0.2) is 5.78 Å². The minimum Gasteiger partial charge on any atom is -0.375 e. The fraction of sp³-hybridized carbons (Fsp3) is 0.526. The molecule has 1 fully saturated rings. The number of aromatic nitrogens is 1. The predicted octanol–water partition coefficient (Wildman–Crippen LogP) is 2.15. The summed E-state index contributed by atoms with van der Waals surface area (Å²) in [5.41, 5.74) is 0.600. The summed E-state index contributed by atoms with van der Waals surface area (Å²) in [6.07, 6.45) is 4.98. The van der Waals surface area contributed by atoms with Gasteiger partial charge < -0.3 is 15.5 Å². The number of carbonyl (C=O) groups is 2. The maximum atomic E-state index is 12.7. The highest BCUT2D eigenvalue weighted by Crippen LogP contribution is 2.24. The van der Waals surface area contributed by atoms with Gasteiger partial charge in [-0.2, -0.15) is 0 Å². The SMILES string of the molecule is CNC(=CC(=O)C(C)(C)C)NC(=O)[C@@H]1CCCN1c1ccc(C)cn1. The van der Waals surface area contributed by atoms with Crippen molar-refractivity contribution in [3.63, 3.8) is 0 Å². The van der Waals surface area contributed by atoms with Crippen LogP contribution in [0, 0.1) is 12.3 Å². The third-order valence-electron chi connectivity index (χ3n) is 4.29. The lowest BCUT2D eigenvalue weighted by Crippen LogP contribution is -2.45. The molecule has 136 valence electrons. The molecular weight excluding hydrogens is 316 g/mol. The lowest BCUT2D eigenvalue weighted by Gasteiger charge is -2.25. The first kappa shape index (κ1) is 19.0. The molecule has 1 saturated heterocycles. The number of rotatable bonds is 5. The molecule has 0 aromatic carbocycles. The highest BCUT2D eigenvalue weighted by atomic mass is 16.2. The number of anilines is 1. The Hall–Kier alpha value is -2.37. The average molecular weight is 344 g/mol. The number of nitrogens with zero attached hydrogens (tertiary/aromatic N) is 2. The number of amides is 1. The number of carbonyl (C=O) groups excluding carboxylic acids is 2. The summed E-state index contributed by atoms with van der Waals surface area (Å²) in [6, 6.07) is 3.66. The van der Waals surface area contributed by atoms with Crippen molar-refractivity contribution in [2.24, 2.45) is 5.41 Å². The van der Waals surface area contributed by atoms with Crippen LogP contribution in [0.4, 0.5) is 5.82 Å².